The van der Waals surface area contributed by atoms with Gasteiger partial charge in [0.25, 0.3) is 0 Å². The van der Waals surface area contributed by atoms with Crippen LogP contribution in [0.4, 0.5) is 0 Å². The second-order valence-electron chi connectivity index (χ2n) is 8.14. The topological polar surface area (TPSA) is 68.2 Å². The number of hydrogen-bond donors (Lipinski definition) is 0. The third-order valence-corrected chi connectivity index (χ3v) is 6.63. The smallest absolute Gasteiger partial charge is 0.146 e. The Bertz CT molecular complexity index is 896. The van der Waals surface area contributed by atoms with Crippen molar-refractivity contribution >= 4 is 5.78 Å². The molecule has 2 bridgehead atoms. The molecule has 0 radical (unpaired) electrons. The number of Topliss-reactive ketones (excluding diaryl/α,β-unsaturated/α-hetero) is 1. The SMILES string of the molecule is COc1ccc([C@H]2[C@H]3CCC[C@](C)(C3=O)[C@@H](c3ccc(OC)cc3)N2N=O)cc1. The highest BCUT2D eigenvalue weighted by Gasteiger charge is 2.58. The lowest BCUT2D eigenvalue weighted by molar-refractivity contribution is -0.157. The molecule has 4 atom stereocenters. The summed E-state index contributed by atoms with van der Waals surface area (Å²) in [5.41, 5.74) is 1.17. The molecule has 1 aliphatic heterocycles. The van der Waals surface area contributed by atoms with Gasteiger partial charge >= 0.3 is 0 Å². The summed E-state index contributed by atoms with van der Waals surface area (Å²) in [5.74, 6) is 1.46. The van der Waals surface area contributed by atoms with Crippen molar-refractivity contribution < 1.29 is 14.3 Å². The molecular weight excluding hydrogens is 368 g/mol. The monoisotopic (exact) mass is 394 g/mol. The maximum Gasteiger partial charge on any atom is 0.146 e. The zero-order chi connectivity index (χ0) is 20.6. The van der Waals surface area contributed by atoms with Crippen molar-refractivity contribution in [2.24, 2.45) is 16.6 Å². The number of hydrogen-bond acceptors (Lipinski definition) is 5. The Kier molecular flexibility index (Phi) is 5.03. The summed E-state index contributed by atoms with van der Waals surface area (Å²) in [6, 6.07) is 14.4. The van der Waals surface area contributed by atoms with Crippen molar-refractivity contribution in [3.8, 4) is 11.5 Å². The Morgan fingerprint density at radius 3 is 2.03 bits per heavy atom. The third-order valence-electron chi connectivity index (χ3n) is 6.63. The van der Waals surface area contributed by atoms with Gasteiger partial charge in [-0.3, -0.25) is 4.79 Å². The average Bonchev–Trinajstić information content (AvgIpc) is 2.75. The molecule has 2 aromatic carbocycles. The lowest BCUT2D eigenvalue weighted by atomic mass is 9.58. The first-order chi connectivity index (χ1) is 14.0. The van der Waals surface area contributed by atoms with Gasteiger partial charge < -0.3 is 9.47 Å². The highest BCUT2D eigenvalue weighted by molar-refractivity contribution is 5.90. The molecule has 6 nitrogen and oxygen atoms in total. The van der Waals surface area contributed by atoms with Crippen LogP contribution in [0.1, 0.15) is 49.4 Å². The first-order valence-corrected chi connectivity index (χ1v) is 9.97. The molecule has 1 heterocycles. The van der Waals surface area contributed by atoms with Gasteiger partial charge in [0, 0.05) is 5.92 Å². The van der Waals surface area contributed by atoms with Crippen molar-refractivity contribution in [1.82, 2.24) is 5.01 Å². The number of methoxy groups -OCH3 is 2. The van der Waals surface area contributed by atoms with Crippen LogP contribution in [0.15, 0.2) is 53.8 Å². The van der Waals surface area contributed by atoms with Crippen molar-refractivity contribution in [1.29, 1.82) is 0 Å². The standard InChI is InChI=1S/C23H26N2O4/c1-23-14-4-5-19(22(23)26)20(15-6-10-17(28-2)11-7-15)25(24-27)21(23)16-8-12-18(29-3)13-9-16/h6-13,19-21H,4-5,14H2,1-3H3/t19-,20+,21-,23+/m1/s1. The fourth-order valence-electron chi connectivity index (χ4n) is 5.17. The number of nitroso groups, excluding NO2 is 1. The first kappa shape index (κ1) is 19.4. The Morgan fingerprint density at radius 2 is 1.52 bits per heavy atom. The molecule has 2 aromatic rings. The van der Waals surface area contributed by atoms with Gasteiger partial charge in [0.1, 0.15) is 17.3 Å². The molecule has 6 heteroatoms. The summed E-state index contributed by atoms with van der Waals surface area (Å²) < 4.78 is 10.5. The highest BCUT2D eigenvalue weighted by atomic mass is 16.5. The fourth-order valence-corrected chi connectivity index (χ4v) is 5.17. The van der Waals surface area contributed by atoms with Crippen LogP contribution < -0.4 is 9.47 Å². The van der Waals surface area contributed by atoms with Gasteiger partial charge in [-0.25, -0.2) is 5.01 Å². The predicted molar refractivity (Wildman–Crippen MR) is 110 cm³/mol. The van der Waals surface area contributed by atoms with E-state index in [0.717, 1.165) is 41.9 Å². The molecular formula is C23H26N2O4. The highest BCUT2D eigenvalue weighted by Crippen LogP contribution is 2.58. The van der Waals surface area contributed by atoms with Gasteiger partial charge in [-0.15, -0.1) is 4.91 Å². The summed E-state index contributed by atoms with van der Waals surface area (Å²) in [5, 5.41) is 5.10. The lowest BCUT2D eigenvalue weighted by Gasteiger charge is -2.54. The normalized spacial score (nSPS) is 28.7. The molecule has 0 unspecified atom stereocenters. The summed E-state index contributed by atoms with van der Waals surface area (Å²) in [6.07, 6.45) is 2.48. The average molecular weight is 394 g/mol. The maximum absolute atomic E-state index is 13.6. The van der Waals surface area contributed by atoms with Gasteiger partial charge in [-0.1, -0.05) is 37.6 Å². The van der Waals surface area contributed by atoms with Gasteiger partial charge in [-0.2, -0.15) is 0 Å². The van der Waals surface area contributed by atoms with E-state index in [0.29, 0.717) is 0 Å². The molecule has 0 spiro atoms. The van der Waals surface area contributed by atoms with Crippen LogP contribution in [0.2, 0.25) is 0 Å². The van der Waals surface area contributed by atoms with E-state index in [1.807, 2.05) is 55.5 Å². The number of nitrogens with zero attached hydrogens (tertiary/aromatic N) is 2. The van der Waals surface area contributed by atoms with E-state index in [1.165, 1.54) is 0 Å². The Hall–Kier alpha value is -2.89. The summed E-state index contributed by atoms with van der Waals surface area (Å²) in [6.45, 7) is 1.98. The zero-order valence-corrected chi connectivity index (χ0v) is 17.0. The van der Waals surface area contributed by atoms with Crippen LogP contribution in [-0.4, -0.2) is 25.0 Å². The van der Waals surface area contributed by atoms with E-state index in [1.54, 1.807) is 19.2 Å². The molecule has 1 saturated heterocycles. The second-order valence-corrected chi connectivity index (χ2v) is 8.14. The number of ketones is 1. The maximum atomic E-state index is 13.6. The molecule has 4 rings (SSSR count). The van der Waals surface area contributed by atoms with Gasteiger partial charge in [0.2, 0.25) is 0 Å². The summed E-state index contributed by atoms with van der Waals surface area (Å²) in [4.78, 5) is 25.8. The molecule has 2 fully saturated rings. The second kappa shape index (κ2) is 7.50. The van der Waals surface area contributed by atoms with Crippen LogP contribution in [0, 0.1) is 16.2 Å². The molecule has 1 aliphatic carbocycles. The van der Waals surface area contributed by atoms with Crippen LogP contribution in [0.3, 0.4) is 0 Å². The van der Waals surface area contributed by atoms with Crippen molar-refractivity contribution in [2.45, 2.75) is 38.3 Å². The predicted octanol–water partition coefficient (Wildman–Crippen LogP) is 4.86. The van der Waals surface area contributed by atoms with E-state index in [4.69, 9.17) is 9.47 Å². The van der Waals surface area contributed by atoms with Crippen LogP contribution in [0.5, 0.6) is 11.5 Å². The number of rotatable bonds is 5. The number of carbonyl (C=O) groups is 1. The Labute approximate surface area is 170 Å². The van der Waals surface area contributed by atoms with E-state index in [2.05, 4.69) is 5.29 Å². The Morgan fingerprint density at radius 1 is 0.966 bits per heavy atom. The number of carbonyl (C=O) groups excluding carboxylic acids is 1. The van der Waals surface area contributed by atoms with Gasteiger partial charge in [0.15, 0.2) is 0 Å². The number of benzene rings is 2. The van der Waals surface area contributed by atoms with E-state index >= 15 is 0 Å². The largest absolute Gasteiger partial charge is 0.497 e. The molecule has 29 heavy (non-hydrogen) atoms. The zero-order valence-electron chi connectivity index (χ0n) is 17.0. The van der Waals surface area contributed by atoms with Gasteiger partial charge in [-0.05, 0) is 48.2 Å². The number of piperidine rings is 1. The fraction of sp³-hybridized carbons (Fsp3) is 0.435. The van der Waals surface area contributed by atoms with Crippen molar-refractivity contribution in [2.75, 3.05) is 14.2 Å². The van der Waals surface area contributed by atoms with Crippen molar-refractivity contribution in [3.05, 3.63) is 64.6 Å². The van der Waals surface area contributed by atoms with Crippen LogP contribution in [-0.2, 0) is 4.79 Å². The van der Waals surface area contributed by atoms with Crippen molar-refractivity contribution in [3.63, 3.8) is 0 Å². The van der Waals surface area contributed by atoms with E-state index < -0.39 is 11.5 Å². The molecule has 0 aromatic heterocycles. The number of fused-ring (bicyclic) bond motifs is 2. The molecule has 0 amide bonds. The summed E-state index contributed by atoms with van der Waals surface area (Å²) in [7, 11) is 3.23. The molecule has 2 aliphatic rings. The van der Waals surface area contributed by atoms with Gasteiger partial charge in [0.05, 0.1) is 37.0 Å². The van der Waals surface area contributed by atoms with E-state index in [9.17, 15) is 9.70 Å². The molecule has 1 saturated carbocycles. The molecule has 152 valence electrons. The third kappa shape index (κ3) is 3.07. The minimum atomic E-state index is -0.644. The molecule has 0 N–H and O–H groups in total. The summed E-state index contributed by atoms with van der Waals surface area (Å²) >= 11 is 0. The van der Waals surface area contributed by atoms with E-state index in [-0.39, 0.29) is 17.7 Å². The number of ether oxygens (including phenoxy) is 2. The lowest BCUT2D eigenvalue weighted by Crippen LogP contribution is -2.56. The minimum Gasteiger partial charge on any atom is -0.497 e. The first-order valence-electron chi connectivity index (χ1n) is 9.97. The van der Waals surface area contributed by atoms with Crippen LogP contribution >= 0.6 is 0 Å². The quantitative estimate of drug-likeness (QED) is 0.678. The van der Waals surface area contributed by atoms with Crippen LogP contribution in [0.25, 0.3) is 0 Å². The minimum absolute atomic E-state index is 0.227. The Balaban J connectivity index is 1.83.